The van der Waals surface area contributed by atoms with Crippen molar-refractivity contribution in [2.45, 2.75) is 46.1 Å². The summed E-state index contributed by atoms with van der Waals surface area (Å²) in [6, 6.07) is 12.6. The van der Waals surface area contributed by atoms with Crippen molar-refractivity contribution < 1.29 is 29.1 Å². The number of carbonyl (C=O) groups excluding carboxylic acids is 2. The van der Waals surface area contributed by atoms with E-state index >= 15 is 0 Å². The number of morpholine rings is 1. The number of quaternary nitrogens is 1. The minimum Gasteiger partial charge on any atom is -0.507 e. The van der Waals surface area contributed by atoms with Gasteiger partial charge in [0.15, 0.2) is 0 Å². The Morgan fingerprint density at radius 2 is 1.81 bits per heavy atom. The Morgan fingerprint density at radius 3 is 2.49 bits per heavy atom. The number of carbonyl (C=O) groups is 2. The molecule has 2 heterocycles. The Kier molecular flexibility index (Phi) is 9.00. The predicted molar refractivity (Wildman–Crippen MR) is 143 cm³/mol. The topological polar surface area (TPSA) is 80.5 Å². The number of amides is 1. The largest absolute Gasteiger partial charge is 0.507 e. The summed E-state index contributed by atoms with van der Waals surface area (Å²) in [6.07, 6.45) is 2.78. The normalized spacial score (nSPS) is 20.0. The zero-order valence-electron chi connectivity index (χ0n) is 22.2. The second-order valence-electron chi connectivity index (χ2n) is 10.0. The number of ether oxygens (including phenoxy) is 2. The minimum absolute atomic E-state index is 0.136. The number of aliphatic hydroxyl groups is 1. The fourth-order valence-electron chi connectivity index (χ4n) is 5.09. The van der Waals surface area contributed by atoms with Gasteiger partial charge in [0.05, 0.1) is 38.0 Å². The average molecular weight is 508 g/mol. The van der Waals surface area contributed by atoms with Gasteiger partial charge in [-0.1, -0.05) is 43.2 Å². The van der Waals surface area contributed by atoms with Crippen molar-refractivity contribution in [2.75, 3.05) is 46.0 Å². The van der Waals surface area contributed by atoms with Crippen LogP contribution in [0.3, 0.4) is 0 Å². The second-order valence-corrected chi connectivity index (χ2v) is 10.0. The molecule has 2 aliphatic heterocycles. The number of hydrogen-bond acceptors (Lipinski definition) is 5. The van der Waals surface area contributed by atoms with Gasteiger partial charge >= 0.3 is 0 Å². The Hall–Kier alpha value is -3.16. The fourth-order valence-corrected chi connectivity index (χ4v) is 5.09. The first-order valence-corrected chi connectivity index (χ1v) is 13.4. The molecule has 2 aromatic rings. The Balaban J connectivity index is 1.64. The van der Waals surface area contributed by atoms with Gasteiger partial charge in [-0.3, -0.25) is 9.59 Å². The van der Waals surface area contributed by atoms with Crippen LogP contribution in [0, 0.1) is 13.8 Å². The maximum atomic E-state index is 13.3. The summed E-state index contributed by atoms with van der Waals surface area (Å²) in [4.78, 5) is 29.7. The SMILES string of the molecule is CCCCOc1ccc(C(O)=C2C(=O)C(=O)N(CCC[NH+]3CCOCC3)[C@H]2c2ccc(C)cc2)c(C)c1. The van der Waals surface area contributed by atoms with Crippen molar-refractivity contribution in [3.05, 3.63) is 70.3 Å². The lowest BCUT2D eigenvalue weighted by atomic mass is 9.93. The van der Waals surface area contributed by atoms with Crippen LogP contribution in [0.25, 0.3) is 5.76 Å². The van der Waals surface area contributed by atoms with E-state index in [-0.39, 0.29) is 11.3 Å². The third-order valence-corrected chi connectivity index (χ3v) is 7.28. The highest BCUT2D eigenvalue weighted by Gasteiger charge is 2.46. The molecule has 2 aliphatic rings. The van der Waals surface area contributed by atoms with Crippen LogP contribution >= 0.6 is 0 Å². The molecule has 0 bridgehead atoms. The van der Waals surface area contributed by atoms with Gasteiger partial charge in [0.25, 0.3) is 11.7 Å². The molecule has 7 nitrogen and oxygen atoms in total. The van der Waals surface area contributed by atoms with Gasteiger partial charge in [-0.25, -0.2) is 0 Å². The molecule has 2 fully saturated rings. The van der Waals surface area contributed by atoms with Crippen LogP contribution in [0.15, 0.2) is 48.0 Å². The molecule has 0 aliphatic carbocycles. The monoisotopic (exact) mass is 507 g/mol. The summed E-state index contributed by atoms with van der Waals surface area (Å²) in [7, 11) is 0. The molecule has 0 radical (unpaired) electrons. The van der Waals surface area contributed by atoms with Crippen LogP contribution in [0.5, 0.6) is 5.75 Å². The van der Waals surface area contributed by atoms with Crippen molar-refractivity contribution in [3.8, 4) is 5.75 Å². The van der Waals surface area contributed by atoms with Gasteiger partial charge in [-0.15, -0.1) is 0 Å². The van der Waals surface area contributed by atoms with E-state index < -0.39 is 17.7 Å². The van der Waals surface area contributed by atoms with Crippen LogP contribution in [0.1, 0.15) is 54.5 Å². The van der Waals surface area contributed by atoms with Gasteiger partial charge in [0.1, 0.15) is 24.6 Å². The molecule has 2 N–H and O–H groups in total. The molecule has 2 aromatic carbocycles. The number of benzene rings is 2. The number of unbranched alkanes of at least 4 members (excludes halogenated alkanes) is 1. The van der Waals surface area contributed by atoms with E-state index in [9.17, 15) is 14.7 Å². The molecule has 0 saturated carbocycles. The van der Waals surface area contributed by atoms with Crippen molar-refractivity contribution >= 4 is 17.4 Å². The molecular formula is C30H39N2O5+. The zero-order chi connectivity index (χ0) is 26.4. The lowest BCUT2D eigenvalue weighted by Gasteiger charge is -2.27. The molecular weight excluding hydrogens is 468 g/mol. The highest BCUT2D eigenvalue weighted by atomic mass is 16.5. The number of Topliss-reactive ketones (excluding diaryl/α,β-unsaturated/α-hetero) is 1. The molecule has 37 heavy (non-hydrogen) atoms. The summed E-state index contributed by atoms with van der Waals surface area (Å²) in [5, 5.41) is 11.4. The number of nitrogens with zero attached hydrogens (tertiary/aromatic N) is 1. The number of ketones is 1. The molecule has 0 spiro atoms. The Labute approximate surface area is 219 Å². The van der Waals surface area contributed by atoms with Crippen LogP contribution < -0.4 is 9.64 Å². The fraction of sp³-hybridized carbons (Fsp3) is 0.467. The first kappa shape index (κ1) is 26.9. The average Bonchev–Trinajstić information content (AvgIpc) is 3.15. The standard InChI is InChI=1S/C30H38N2O5/c1-4-5-17-37-24-11-12-25(22(3)20-24)28(33)26-27(23-9-7-21(2)8-10-23)32(30(35)29(26)34)14-6-13-31-15-18-36-19-16-31/h7-12,20,27,33H,4-6,13-19H2,1-3H3/p+1/t27-/m0/s1. The lowest BCUT2D eigenvalue weighted by Crippen LogP contribution is -3.14. The third-order valence-electron chi connectivity index (χ3n) is 7.28. The highest BCUT2D eigenvalue weighted by molar-refractivity contribution is 6.46. The van der Waals surface area contributed by atoms with Crippen molar-refractivity contribution in [3.63, 3.8) is 0 Å². The van der Waals surface area contributed by atoms with Gasteiger partial charge in [0, 0.05) is 18.5 Å². The minimum atomic E-state index is -0.635. The summed E-state index contributed by atoms with van der Waals surface area (Å²) >= 11 is 0. The van der Waals surface area contributed by atoms with Gasteiger partial charge in [0.2, 0.25) is 0 Å². The summed E-state index contributed by atoms with van der Waals surface area (Å²) in [5.74, 6) is -0.600. The molecule has 1 atom stereocenters. The van der Waals surface area contributed by atoms with E-state index in [1.807, 2.05) is 44.2 Å². The maximum absolute atomic E-state index is 13.3. The summed E-state index contributed by atoms with van der Waals surface area (Å²) in [5.41, 5.74) is 3.38. The number of rotatable bonds is 10. The van der Waals surface area contributed by atoms with Crippen LogP contribution in [0.4, 0.5) is 0 Å². The van der Waals surface area contributed by atoms with E-state index in [4.69, 9.17) is 9.47 Å². The second kappa shape index (κ2) is 12.4. The maximum Gasteiger partial charge on any atom is 0.295 e. The molecule has 1 amide bonds. The first-order valence-electron chi connectivity index (χ1n) is 13.4. The van der Waals surface area contributed by atoms with Crippen LogP contribution in [0.2, 0.25) is 0 Å². The van der Waals surface area contributed by atoms with E-state index in [2.05, 4.69) is 6.92 Å². The van der Waals surface area contributed by atoms with Gasteiger partial charge in [-0.05, 0) is 49.6 Å². The Bertz CT molecular complexity index is 1140. The predicted octanol–water partition coefficient (Wildman–Crippen LogP) is 3.21. The highest BCUT2D eigenvalue weighted by Crippen LogP contribution is 2.40. The third kappa shape index (κ3) is 6.22. The van der Waals surface area contributed by atoms with E-state index in [1.54, 1.807) is 17.0 Å². The van der Waals surface area contributed by atoms with E-state index in [0.29, 0.717) is 18.7 Å². The molecule has 0 unspecified atom stereocenters. The lowest BCUT2D eigenvalue weighted by molar-refractivity contribution is -0.908. The molecule has 4 rings (SSSR count). The number of likely N-dealkylation sites (tertiary alicyclic amines) is 1. The van der Waals surface area contributed by atoms with Crippen LogP contribution in [-0.2, 0) is 14.3 Å². The number of aliphatic hydroxyl groups excluding tert-OH is 1. The van der Waals surface area contributed by atoms with Gasteiger partial charge < -0.3 is 24.4 Å². The first-order chi connectivity index (χ1) is 17.9. The molecule has 2 saturated heterocycles. The van der Waals surface area contributed by atoms with Gasteiger partial charge in [-0.2, -0.15) is 0 Å². The van der Waals surface area contributed by atoms with Crippen molar-refractivity contribution in [1.29, 1.82) is 0 Å². The van der Waals surface area contributed by atoms with Crippen molar-refractivity contribution in [2.24, 2.45) is 0 Å². The van der Waals surface area contributed by atoms with Crippen LogP contribution in [-0.4, -0.2) is 67.7 Å². The van der Waals surface area contributed by atoms with E-state index in [1.165, 1.54) is 4.90 Å². The number of aryl methyl sites for hydroxylation is 2. The Morgan fingerprint density at radius 1 is 1.08 bits per heavy atom. The number of hydrogen-bond donors (Lipinski definition) is 2. The van der Waals surface area contributed by atoms with Crippen molar-refractivity contribution in [1.82, 2.24) is 4.90 Å². The zero-order valence-corrected chi connectivity index (χ0v) is 22.2. The quantitative estimate of drug-likeness (QED) is 0.223. The molecule has 7 heteroatoms. The number of nitrogens with one attached hydrogen (secondary N) is 1. The smallest absolute Gasteiger partial charge is 0.295 e. The molecule has 198 valence electrons. The molecule has 0 aromatic heterocycles. The van der Waals surface area contributed by atoms with E-state index in [0.717, 1.165) is 74.6 Å². The summed E-state index contributed by atoms with van der Waals surface area (Å²) < 4.78 is 11.2. The summed E-state index contributed by atoms with van der Waals surface area (Å²) in [6.45, 7) is 11.4.